The SMILES string of the molecule is CC/C=C\C/C=C\C/C=C\C/C=C\C/C=C\C/C=C\C/C=C\C/C=C\C/C=C\C/C=C\C/C=C\C/C=C\CCCCC(=O)NC(COC1OC(CO)C(O)C(O)C1O)C(O)CCCCC. The summed E-state index contributed by atoms with van der Waals surface area (Å²) in [7, 11) is 0. The third-order valence-corrected chi connectivity index (χ3v) is 10.5. The van der Waals surface area contributed by atoms with Crippen molar-refractivity contribution in [1.82, 2.24) is 5.32 Å². The lowest BCUT2D eigenvalue weighted by atomic mass is 9.99. The standard InChI is InChI=1S/C56H87NO8/c1-3-5-7-8-9-10-11-12-13-14-15-16-17-18-19-20-21-22-23-24-25-26-27-28-29-30-31-32-33-34-35-36-37-38-39-40-41-42-44-46-52(60)57-49(50(59)45-43-6-4-2)48-64-56-55(63)54(62)53(61)51(47-58)65-56/h5,7,9-10,12-13,15-16,18-19,21-22,24-25,27-28,30-31,33-34,36-37,39-40,49-51,53-56,58-59,61-63H,3-4,6,8,11,14,17,20,23,26,29,32,35,38,41-48H2,1-2H3,(H,57,60)/b7-5-,10-9-,13-12-,16-15-,19-18-,22-21-,25-24-,28-27-,31-30-,34-33-,37-36-,40-39-. The van der Waals surface area contributed by atoms with E-state index in [0.29, 0.717) is 19.3 Å². The monoisotopic (exact) mass is 902 g/mol. The number of aliphatic hydroxyl groups is 5. The van der Waals surface area contributed by atoms with Gasteiger partial charge in [0.25, 0.3) is 0 Å². The molecule has 1 aliphatic heterocycles. The number of amides is 1. The summed E-state index contributed by atoms with van der Waals surface area (Å²) < 4.78 is 11.1. The van der Waals surface area contributed by atoms with Gasteiger partial charge in [0.2, 0.25) is 5.91 Å². The molecular formula is C56H87NO8. The second-order valence-electron chi connectivity index (χ2n) is 16.2. The van der Waals surface area contributed by atoms with E-state index in [2.05, 4.69) is 165 Å². The minimum Gasteiger partial charge on any atom is -0.394 e. The van der Waals surface area contributed by atoms with Crippen LogP contribution in [0.15, 0.2) is 146 Å². The molecule has 0 aliphatic carbocycles. The van der Waals surface area contributed by atoms with E-state index in [0.717, 1.165) is 109 Å². The van der Waals surface area contributed by atoms with Crippen molar-refractivity contribution < 1.29 is 39.8 Å². The fourth-order valence-corrected chi connectivity index (χ4v) is 6.55. The minimum atomic E-state index is -1.57. The van der Waals surface area contributed by atoms with Gasteiger partial charge in [0, 0.05) is 6.42 Å². The molecule has 364 valence electrons. The number of allylic oxidation sites excluding steroid dienone is 24. The van der Waals surface area contributed by atoms with Crippen LogP contribution >= 0.6 is 0 Å². The van der Waals surface area contributed by atoms with Crippen LogP contribution in [0, 0.1) is 0 Å². The number of ether oxygens (including phenoxy) is 2. The van der Waals surface area contributed by atoms with Crippen molar-refractivity contribution >= 4 is 5.91 Å². The molecule has 1 fully saturated rings. The van der Waals surface area contributed by atoms with Gasteiger partial charge in [-0.3, -0.25) is 4.79 Å². The Balaban J connectivity index is 2.11. The van der Waals surface area contributed by atoms with Gasteiger partial charge in [0.15, 0.2) is 6.29 Å². The summed E-state index contributed by atoms with van der Waals surface area (Å²) in [5.74, 6) is -0.207. The van der Waals surface area contributed by atoms with E-state index in [4.69, 9.17) is 9.47 Å². The summed E-state index contributed by atoms with van der Waals surface area (Å²) in [6.45, 7) is 3.48. The summed E-state index contributed by atoms with van der Waals surface area (Å²) in [6, 6.07) is -0.748. The lowest BCUT2D eigenvalue weighted by Gasteiger charge is -2.40. The van der Waals surface area contributed by atoms with Gasteiger partial charge in [-0.1, -0.05) is 179 Å². The largest absolute Gasteiger partial charge is 0.394 e. The fourth-order valence-electron chi connectivity index (χ4n) is 6.55. The molecule has 1 aliphatic rings. The van der Waals surface area contributed by atoms with Crippen LogP contribution in [0.5, 0.6) is 0 Å². The van der Waals surface area contributed by atoms with Gasteiger partial charge >= 0.3 is 0 Å². The van der Waals surface area contributed by atoms with Crippen LogP contribution < -0.4 is 5.32 Å². The Morgan fingerprint density at radius 2 is 0.938 bits per heavy atom. The zero-order valence-electron chi connectivity index (χ0n) is 39.9. The third kappa shape index (κ3) is 34.1. The Bertz CT molecular complexity index is 1510. The molecule has 1 saturated heterocycles. The molecule has 9 heteroatoms. The van der Waals surface area contributed by atoms with Crippen molar-refractivity contribution in [2.45, 2.75) is 185 Å². The Morgan fingerprint density at radius 3 is 1.32 bits per heavy atom. The van der Waals surface area contributed by atoms with Gasteiger partial charge < -0.3 is 40.3 Å². The van der Waals surface area contributed by atoms with Crippen molar-refractivity contribution in [3.05, 3.63) is 146 Å². The normalized spacial score (nSPS) is 21.2. The molecular weight excluding hydrogens is 815 g/mol. The van der Waals surface area contributed by atoms with Crippen LogP contribution in [0.25, 0.3) is 0 Å². The molecule has 1 heterocycles. The highest BCUT2D eigenvalue weighted by Gasteiger charge is 2.44. The number of nitrogens with one attached hydrogen (secondary N) is 1. The van der Waals surface area contributed by atoms with Crippen molar-refractivity contribution in [2.75, 3.05) is 13.2 Å². The van der Waals surface area contributed by atoms with E-state index in [9.17, 15) is 30.3 Å². The van der Waals surface area contributed by atoms with Crippen molar-refractivity contribution in [3.8, 4) is 0 Å². The molecule has 7 unspecified atom stereocenters. The average Bonchev–Trinajstić information content (AvgIpc) is 3.30. The number of carbonyl (C=O) groups is 1. The first kappa shape index (κ1) is 59.1. The summed E-state index contributed by atoms with van der Waals surface area (Å²) in [5, 5.41) is 53.5. The number of carbonyl (C=O) groups excluding carboxylic acids is 1. The Kier molecular flexibility index (Phi) is 39.9. The lowest BCUT2D eigenvalue weighted by Crippen LogP contribution is -2.60. The minimum absolute atomic E-state index is 0.171. The van der Waals surface area contributed by atoms with Crippen LogP contribution in [0.4, 0.5) is 0 Å². The predicted octanol–water partition coefficient (Wildman–Crippen LogP) is 11.2. The third-order valence-electron chi connectivity index (χ3n) is 10.5. The first-order valence-corrected chi connectivity index (χ1v) is 24.5. The fraction of sp³-hybridized carbons (Fsp3) is 0.554. The first-order valence-electron chi connectivity index (χ1n) is 24.5. The maximum atomic E-state index is 12.8. The summed E-state index contributed by atoms with van der Waals surface area (Å²) in [5.41, 5.74) is 0. The molecule has 7 atom stereocenters. The number of hydrogen-bond acceptors (Lipinski definition) is 8. The maximum Gasteiger partial charge on any atom is 0.220 e. The van der Waals surface area contributed by atoms with E-state index in [1.807, 2.05) is 0 Å². The Hall–Kier alpha value is -3.93. The molecule has 0 radical (unpaired) electrons. The van der Waals surface area contributed by atoms with Gasteiger partial charge in [0.1, 0.15) is 24.4 Å². The number of rotatable bonds is 38. The molecule has 0 aromatic heterocycles. The molecule has 0 saturated carbocycles. The highest BCUT2D eigenvalue weighted by Crippen LogP contribution is 2.22. The second kappa shape index (κ2) is 43.9. The number of aliphatic hydroxyl groups excluding tert-OH is 5. The van der Waals surface area contributed by atoms with Crippen molar-refractivity contribution in [1.29, 1.82) is 0 Å². The van der Waals surface area contributed by atoms with E-state index in [-0.39, 0.29) is 12.5 Å². The summed E-state index contributed by atoms with van der Waals surface area (Å²) >= 11 is 0. The highest BCUT2D eigenvalue weighted by molar-refractivity contribution is 5.76. The molecule has 0 aromatic carbocycles. The molecule has 1 rings (SSSR count). The average molecular weight is 902 g/mol. The predicted molar refractivity (Wildman–Crippen MR) is 271 cm³/mol. The van der Waals surface area contributed by atoms with Crippen LogP contribution in [0.2, 0.25) is 0 Å². The summed E-state index contributed by atoms with van der Waals surface area (Å²) in [4.78, 5) is 12.8. The zero-order chi connectivity index (χ0) is 47.3. The topological polar surface area (TPSA) is 149 Å². The van der Waals surface area contributed by atoms with Gasteiger partial charge in [0.05, 0.1) is 25.4 Å². The van der Waals surface area contributed by atoms with Gasteiger partial charge in [-0.2, -0.15) is 0 Å². The van der Waals surface area contributed by atoms with Crippen molar-refractivity contribution in [3.63, 3.8) is 0 Å². The number of unbranched alkanes of at least 4 members (excludes halogenated alkanes) is 4. The van der Waals surface area contributed by atoms with Gasteiger partial charge in [-0.25, -0.2) is 0 Å². The molecule has 1 amide bonds. The number of hydrogen-bond donors (Lipinski definition) is 6. The molecule has 0 spiro atoms. The van der Waals surface area contributed by atoms with E-state index in [1.165, 1.54) is 0 Å². The maximum absolute atomic E-state index is 12.8. The van der Waals surface area contributed by atoms with Gasteiger partial charge in [-0.05, 0) is 103 Å². The van der Waals surface area contributed by atoms with Crippen LogP contribution in [-0.4, -0.2) is 87.5 Å². The molecule has 9 nitrogen and oxygen atoms in total. The smallest absolute Gasteiger partial charge is 0.220 e. The second-order valence-corrected chi connectivity index (χ2v) is 16.2. The molecule has 0 aromatic rings. The first-order chi connectivity index (χ1) is 31.8. The lowest BCUT2D eigenvalue weighted by molar-refractivity contribution is -0.302. The Morgan fingerprint density at radius 1 is 0.538 bits per heavy atom. The van der Waals surface area contributed by atoms with E-state index >= 15 is 0 Å². The van der Waals surface area contributed by atoms with E-state index < -0.39 is 49.5 Å². The van der Waals surface area contributed by atoms with Crippen molar-refractivity contribution in [2.24, 2.45) is 0 Å². The summed E-state index contributed by atoms with van der Waals surface area (Å²) in [6.07, 6.45) is 62.6. The molecule has 0 bridgehead atoms. The Labute approximate surface area is 393 Å². The molecule has 65 heavy (non-hydrogen) atoms. The van der Waals surface area contributed by atoms with Crippen LogP contribution in [0.1, 0.15) is 142 Å². The quantitative estimate of drug-likeness (QED) is 0.0265. The van der Waals surface area contributed by atoms with E-state index in [1.54, 1.807) is 0 Å². The van der Waals surface area contributed by atoms with Crippen LogP contribution in [-0.2, 0) is 14.3 Å². The van der Waals surface area contributed by atoms with Gasteiger partial charge in [-0.15, -0.1) is 0 Å². The van der Waals surface area contributed by atoms with Crippen LogP contribution in [0.3, 0.4) is 0 Å². The zero-order valence-corrected chi connectivity index (χ0v) is 39.9. The molecule has 6 N–H and O–H groups in total. The highest BCUT2D eigenvalue weighted by atomic mass is 16.7.